The zero-order valence-corrected chi connectivity index (χ0v) is 5.39. The summed E-state index contributed by atoms with van der Waals surface area (Å²) in [4.78, 5) is 3.86. The molecule has 50 valence electrons. The van der Waals surface area contributed by atoms with E-state index in [-0.39, 0.29) is 0 Å². The molecule has 0 bridgehead atoms. The second-order valence-corrected chi connectivity index (χ2v) is 1.96. The van der Waals surface area contributed by atoms with Crippen LogP contribution < -0.4 is 0 Å². The lowest BCUT2D eigenvalue weighted by atomic mass is 10.5. The molecule has 0 amide bonds. The van der Waals surface area contributed by atoms with Crippen LogP contribution in [-0.2, 0) is 0 Å². The maximum Gasteiger partial charge on any atom is 0.271 e. The van der Waals surface area contributed by atoms with Gasteiger partial charge in [-0.05, 0) is 6.92 Å². The SMILES string of the molecule is Cc1cnnc2ncnn12. The lowest BCUT2D eigenvalue weighted by molar-refractivity contribution is 0.847. The van der Waals surface area contributed by atoms with Crippen molar-refractivity contribution in [3.63, 3.8) is 0 Å². The molecule has 0 spiro atoms. The highest BCUT2D eigenvalue weighted by Gasteiger charge is 1.96. The van der Waals surface area contributed by atoms with Gasteiger partial charge in [-0.3, -0.25) is 0 Å². The Morgan fingerprint density at radius 1 is 1.50 bits per heavy atom. The molecule has 2 rings (SSSR count). The standard InChI is InChI=1S/C5H5N5/c1-4-2-7-9-5-6-3-8-10(4)5/h2-3H,1H3. The summed E-state index contributed by atoms with van der Waals surface area (Å²) in [6, 6.07) is 0. The van der Waals surface area contributed by atoms with Crippen LogP contribution in [0.4, 0.5) is 0 Å². The largest absolute Gasteiger partial charge is 0.271 e. The van der Waals surface area contributed by atoms with Gasteiger partial charge in [-0.25, -0.2) is 0 Å². The number of nitrogens with zero attached hydrogens (tertiary/aromatic N) is 5. The van der Waals surface area contributed by atoms with Crippen molar-refractivity contribution >= 4 is 5.78 Å². The van der Waals surface area contributed by atoms with E-state index in [1.165, 1.54) is 6.33 Å². The van der Waals surface area contributed by atoms with Crippen LogP contribution >= 0.6 is 0 Å². The third kappa shape index (κ3) is 0.570. The zero-order chi connectivity index (χ0) is 6.97. The number of aryl methyl sites for hydroxylation is 1. The fourth-order valence-electron chi connectivity index (χ4n) is 0.771. The molecule has 2 aromatic rings. The highest BCUT2D eigenvalue weighted by atomic mass is 15.4. The zero-order valence-electron chi connectivity index (χ0n) is 5.39. The van der Waals surface area contributed by atoms with E-state index < -0.39 is 0 Å². The molecule has 0 aliphatic heterocycles. The molecule has 10 heavy (non-hydrogen) atoms. The highest BCUT2D eigenvalue weighted by Crippen LogP contribution is 1.93. The normalized spacial score (nSPS) is 10.5. The summed E-state index contributed by atoms with van der Waals surface area (Å²) in [6.45, 7) is 1.90. The minimum absolute atomic E-state index is 0.542. The first kappa shape index (κ1) is 5.28. The lowest BCUT2D eigenvalue weighted by Crippen LogP contribution is -1.96. The van der Waals surface area contributed by atoms with Gasteiger partial charge in [0.1, 0.15) is 6.33 Å². The van der Waals surface area contributed by atoms with E-state index in [9.17, 15) is 0 Å². The molecule has 0 aliphatic carbocycles. The maximum absolute atomic E-state index is 3.92. The van der Waals surface area contributed by atoms with Crippen LogP contribution in [0.1, 0.15) is 5.69 Å². The topological polar surface area (TPSA) is 56.0 Å². The Kier molecular flexibility index (Phi) is 0.913. The fraction of sp³-hybridized carbons (Fsp3) is 0.200. The van der Waals surface area contributed by atoms with Crippen LogP contribution in [0.3, 0.4) is 0 Å². The number of hydrogen-bond donors (Lipinski definition) is 0. The van der Waals surface area contributed by atoms with E-state index in [4.69, 9.17) is 0 Å². The lowest BCUT2D eigenvalue weighted by Gasteiger charge is -1.91. The number of rotatable bonds is 0. The molecule has 5 heteroatoms. The van der Waals surface area contributed by atoms with Gasteiger partial charge in [-0.2, -0.15) is 19.7 Å². The first-order valence-electron chi connectivity index (χ1n) is 2.86. The second kappa shape index (κ2) is 1.73. The minimum Gasteiger partial charge on any atom is -0.199 e. The number of hydrogen-bond acceptors (Lipinski definition) is 4. The molecule has 0 atom stereocenters. The van der Waals surface area contributed by atoms with Crippen molar-refractivity contribution < 1.29 is 0 Å². The van der Waals surface area contributed by atoms with Gasteiger partial charge in [0.2, 0.25) is 0 Å². The second-order valence-electron chi connectivity index (χ2n) is 1.96. The molecule has 0 aromatic carbocycles. The predicted octanol–water partition coefficient (Wildman–Crippen LogP) is -0.172. The maximum atomic E-state index is 3.92. The van der Waals surface area contributed by atoms with E-state index in [1.54, 1.807) is 10.7 Å². The third-order valence-corrected chi connectivity index (χ3v) is 1.26. The molecule has 0 radical (unpaired) electrons. The monoisotopic (exact) mass is 135 g/mol. The van der Waals surface area contributed by atoms with Gasteiger partial charge in [0.05, 0.1) is 11.9 Å². The molecule has 0 saturated carbocycles. The molecular formula is C5H5N5. The van der Waals surface area contributed by atoms with Crippen molar-refractivity contribution in [2.45, 2.75) is 6.92 Å². The summed E-state index contributed by atoms with van der Waals surface area (Å²) < 4.78 is 1.63. The highest BCUT2D eigenvalue weighted by molar-refractivity contribution is 5.22. The summed E-state index contributed by atoms with van der Waals surface area (Å²) in [5, 5.41) is 11.4. The van der Waals surface area contributed by atoms with Crippen molar-refractivity contribution in [3.05, 3.63) is 18.2 Å². The minimum atomic E-state index is 0.542. The number of fused-ring (bicyclic) bond motifs is 1. The molecule has 5 nitrogen and oxygen atoms in total. The molecule has 0 fully saturated rings. The Hall–Kier alpha value is -1.52. The van der Waals surface area contributed by atoms with Crippen molar-refractivity contribution in [1.82, 2.24) is 24.8 Å². The number of aromatic nitrogens is 5. The van der Waals surface area contributed by atoms with Crippen LogP contribution in [0.2, 0.25) is 0 Å². The summed E-state index contributed by atoms with van der Waals surface area (Å²) in [7, 11) is 0. The van der Waals surface area contributed by atoms with Crippen LogP contribution in [0.25, 0.3) is 5.78 Å². The summed E-state index contributed by atoms with van der Waals surface area (Å²) in [6.07, 6.45) is 3.10. The first-order chi connectivity index (χ1) is 4.88. The summed E-state index contributed by atoms with van der Waals surface area (Å²) in [5.41, 5.74) is 0.933. The van der Waals surface area contributed by atoms with Gasteiger partial charge in [-0.1, -0.05) is 0 Å². The van der Waals surface area contributed by atoms with Gasteiger partial charge < -0.3 is 0 Å². The third-order valence-electron chi connectivity index (χ3n) is 1.26. The van der Waals surface area contributed by atoms with Gasteiger partial charge in [0.15, 0.2) is 0 Å². The Morgan fingerprint density at radius 3 is 3.20 bits per heavy atom. The molecular weight excluding hydrogens is 130 g/mol. The van der Waals surface area contributed by atoms with Crippen LogP contribution in [0.5, 0.6) is 0 Å². The van der Waals surface area contributed by atoms with Gasteiger partial charge in [-0.15, -0.1) is 5.10 Å². The van der Waals surface area contributed by atoms with E-state index in [2.05, 4.69) is 20.3 Å². The Morgan fingerprint density at radius 2 is 2.40 bits per heavy atom. The van der Waals surface area contributed by atoms with Crippen molar-refractivity contribution in [3.8, 4) is 0 Å². The molecule has 2 aromatic heterocycles. The van der Waals surface area contributed by atoms with E-state index in [1.807, 2.05) is 6.92 Å². The smallest absolute Gasteiger partial charge is 0.199 e. The van der Waals surface area contributed by atoms with Crippen molar-refractivity contribution in [1.29, 1.82) is 0 Å². The fourth-order valence-corrected chi connectivity index (χ4v) is 0.771. The average molecular weight is 135 g/mol. The first-order valence-corrected chi connectivity index (χ1v) is 2.86. The molecule has 0 N–H and O–H groups in total. The quantitative estimate of drug-likeness (QED) is 0.503. The van der Waals surface area contributed by atoms with E-state index >= 15 is 0 Å². The Labute approximate surface area is 56.7 Å². The molecule has 0 unspecified atom stereocenters. The van der Waals surface area contributed by atoms with Crippen molar-refractivity contribution in [2.24, 2.45) is 0 Å². The van der Waals surface area contributed by atoms with Gasteiger partial charge in [0, 0.05) is 0 Å². The van der Waals surface area contributed by atoms with Crippen LogP contribution in [0, 0.1) is 6.92 Å². The van der Waals surface area contributed by atoms with Crippen LogP contribution in [-0.4, -0.2) is 24.8 Å². The summed E-state index contributed by atoms with van der Waals surface area (Å²) in [5.74, 6) is 0.542. The Bertz CT molecular complexity index is 352. The molecule has 0 saturated heterocycles. The predicted molar refractivity (Wildman–Crippen MR) is 33.3 cm³/mol. The van der Waals surface area contributed by atoms with E-state index in [0.29, 0.717) is 5.78 Å². The Balaban J connectivity index is 2.95. The average Bonchev–Trinajstić information content (AvgIpc) is 2.36. The van der Waals surface area contributed by atoms with Gasteiger partial charge in [0.25, 0.3) is 5.78 Å². The van der Waals surface area contributed by atoms with Crippen molar-refractivity contribution in [2.75, 3.05) is 0 Å². The van der Waals surface area contributed by atoms with Gasteiger partial charge >= 0.3 is 0 Å². The molecule has 0 aliphatic rings. The van der Waals surface area contributed by atoms with Crippen LogP contribution in [0.15, 0.2) is 12.5 Å². The van der Waals surface area contributed by atoms with E-state index in [0.717, 1.165) is 5.69 Å². The molecule has 2 heterocycles. The summed E-state index contributed by atoms with van der Waals surface area (Å²) >= 11 is 0.